The van der Waals surface area contributed by atoms with Crippen molar-refractivity contribution in [1.82, 2.24) is 15.0 Å². The van der Waals surface area contributed by atoms with Crippen molar-refractivity contribution in [2.24, 2.45) is 0 Å². The van der Waals surface area contributed by atoms with Crippen LogP contribution in [0.1, 0.15) is 22.8 Å². The molecular weight excluding hydrogens is 368 g/mol. The number of phenolic OH excluding ortho intramolecular Hbond substituents is 1. The number of nitrogens with zero attached hydrogens (tertiary/aromatic N) is 4. The molecule has 152 valence electrons. The second kappa shape index (κ2) is 8.53. The molecule has 0 unspecified atom stereocenters. The second-order valence-electron chi connectivity index (χ2n) is 7.47. The average molecular weight is 394 g/mol. The number of piperazine rings is 1. The molecule has 1 aromatic heterocycles. The minimum atomic E-state index is 0.285. The van der Waals surface area contributed by atoms with Crippen LogP contribution in [-0.4, -0.2) is 46.3 Å². The number of benzene rings is 2. The lowest BCUT2D eigenvalue weighted by Gasteiger charge is -2.35. The fourth-order valence-corrected chi connectivity index (χ4v) is 3.65. The van der Waals surface area contributed by atoms with Gasteiger partial charge >= 0.3 is 0 Å². The lowest BCUT2D eigenvalue weighted by Crippen LogP contribution is -2.46. The molecule has 2 aromatic carbocycles. The molecule has 3 aromatic rings. The third-order valence-electron chi connectivity index (χ3n) is 5.03. The number of phenols is 1. The summed E-state index contributed by atoms with van der Waals surface area (Å²) < 4.78 is 11.2. The Labute approximate surface area is 170 Å². The van der Waals surface area contributed by atoms with E-state index in [1.807, 2.05) is 44.2 Å². The first-order chi connectivity index (χ1) is 14.1. The van der Waals surface area contributed by atoms with Gasteiger partial charge in [0, 0.05) is 26.2 Å². The number of ether oxygens (including phenoxy) is 1. The van der Waals surface area contributed by atoms with Gasteiger partial charge in [0.25, 0.3) is 0 Å². The normalized spacial score (nSPS) is 14.9. The number of aryl methyl sites for hydroxylation is 2. The fraction of sp³-hybridized carbons (Fsp3) is 0.364. The summed E-state index contributed by atoms with van der Waals surface area (Å²) in [6.07, 6.45) is 0. The van der Waals surface area contributed by atoms with E-state index in [2.05, 4.69) is 26.0 Å². The summed E-state index contributed by atoms with van der Waals surface area (Å²) >= 11 is 0. The molecule has 7 heteroatoms. The van der Waals surface area contributed by atoms with Crippen LogP contribution >= 0.6 is 0 Å². The molecule has 4 rings (SSSR count). The van der Waals surface area contributed by atoms with Gasteiger partial charge in [-0.25, -0.2) is 0 Å². The zero-order chi connectivity index (χ0) is 20.2. The number of para-hydroxylation sites is 2. The Morgan fingerprint density at radius 1 is 1.03 bits per heavy atom. The van der Waals surface area contributed by atoms with E-state index >= 15 is 0 Å². The van der Waals surface area contributed by atoms with E-state index in [4.69, 9.17) is 9.26 Å². The van der Waals surface area contributed by atoms with Gasteiger partial charge in [-0.2, -0.15) is 4.98 Å². The van der Waals surface area contributed by atoms with E-state index in [1.165, 1.54) is 0 Å². The van der Waals surface area contributed by atoms with Crippen molar-refractivity contribution in [3.63, 3.8) is 0 Å². The van der Waals surface area contributed by atoms with Crippen LogP contribution < -0.4 is 9.64 Å². The molecule has 0 radical (unpaired) electrons. The molecule has 29 heavy (non-hydrogen) atoms. The summed E-state index contributed by atoms with van der Waals surface area (Å²) in [7, 11) is 0. The fourth-order valence-electron chi connectivity index (χ4n) is 3.65. The van der Waals surface area contributed by atoms with Crippen LogP contribution in [0.3, 0.4) is 0 Å². The summed E-state index contributed by atoms with van der Waals surface area (Å²) in [5.41, 5.74) is 3.21. The highest BCUT2D eigenvalue weighted by Crippen LogP contribution is 2.27. The van der Waals surface area contributed by atoms with Crippen LogP contribution in [0, 0.1) is 13.8 Å². The lowest BCUT2D eigenvalue weighted by molar-refractivity contribution is 0.214. The summed E-state index contributed by atoms with van der Waals surface area (Å²) in [5, 5.41) is 14.1. The van der Waals surface area contributed by atoms with Gasteiger partial charge in [-0.3, -0.25) is 4.90 Å². The lowest BCUT2D eigenvalue weighted by atomic mass is 10.1. The summed E-state index contributed by atoms with van der Waals surface area (Å²) in [6.45, 7) is 8.41. The maximum atomic E-state index is 10.0. The largest absolute Gasteiger partial charge is 0.506 e. The Morgan fingerprint density at radius 2 is 1.76 bits per heavy atom. The first-order valence-electron chi connectivity index (χ1n) is 9.85. The molecular formula is C22H26N4O3. The van der Waals surface area contributed by atoms with Gasteiger partial charge in [0.2, 0.25) is 11.7 Å². The van der Waals surface area contributed by atoms with E-state index < -0.39 is 0 Å². The molecule has 1 N–H and O–H groups in total. The van der Waals surface area contributed by atoms with E-state index in [9.17, 15) is 5.11 Å². The maximum Gasteiger partial charge on any atom is 0.240 e. The average Bonchev–Trinajstić information content (AvgIpc) is 3.14. The van der Waals surface area contributed by atoms with Crippen LogP contribution in [0.5, 0.6) is 11.5 Å². The Hall–Kier alpha value is -3.06. The van der Waals surface area contributed by atoms with E-state index in [0.29, 0.717) is 24.0 Å². The molecule has 0 saturated carbocycles. The molecule has 1 saturated heterocycles. The topological polar surface area (TPSA) is 74.9 Å². The van der Waals surface area contributed by atoms with Gasteiger partial charge < -0.3 is 19.3 Å². The number of rotatable bonds is 6. The van der Waals surface area contributed by atoms with Crippen LogP contribution in [0.2, 0.25) is 0 Å². The van der Waals surface area contributed by atoms with E-state index in [-0.39, 0.29) is 6.61 Å². The summed E-state index contributed by atoms with van der Waals surface area (Å²) in [5.74, 6) is 2.28. The Bertz CT molecular complexity index is 944. The van der Waals surface area contributed by atoms with Gasteiger partial charge in [0.05, 0.1) is 12.2 Å². The highest BCUT2D eigenvalue weighted by Gasteiger charge is 2.21. The quantitative estimate of drug-likeness (QED) is 0.687. The van der Waals surface area contributed by atoms with Crippen molar-refractivity contribution < 1.29 is 14.4 Å². The number of hydrogen-bond donors (Lipinski definition) is 1. The van der Waals surface area contributed by atoms with Gasteiger partial charge in [0.1, 0.15) is 11.5 Å². The predicted molar refractivity (Wildman–Crippen MR) is 110 cm³/mol. The van der Waals surface area contributed by atoms with Crippen molar-refractivity contribution in [2.75, 3.05) is 31.1 Å². The maximum absolute atomic E-state index is 10.0. The molecule has 2 heterocycles. The summed E-state index contributed by atoms with van der Waals surface area (Å²) in [6, 6.07) is 13.6. The van der Waals surface area contributed by atoms with Crippen LogP contribution in [0.15, 0.2) is 47.0 Å². The minimum Gasteiger partial charge on any atom is -0.506 e. The van der Waals surface area contributed by atoms with Crippen molar-refractivity contribution in [3.8, 4) is 11.5 Å². The summed E-state index contributed by atoms with van der Waals surface area (Å²) in [4.78, 5) is 8.93. The van der Waals surface area contributed by atoms with Crippen molar-refractivity contribution in [2.45, 2.75) is 27.0 Å². The zero-order valence-electron chi connectivity index (χ0n) is 16.8. The first kappa shape index (κ1) is 19.3. The molecule has 1 aliphatic heterocycles. The molecule has 1 fully saturated rings. The zero-order valence-corrected chi connectivity index (χ0v) is 16.8. The third-order valence-corrected chi connectivity index (χ3v) is 5.03. The van der Waals surface area contributed by atoms with Gasteiger partial charge in [0.15, 0.2) is 6.61 Å². The van der Waals surface area contributed by atoms with Crippen LogP contribution in [0.4, 0.5) is 5.69 Å². The molecule has 0 aliphatic carbocycles. The van der Waals surface area contributed by atoms with E-state index in [0.717, 1.165) is 48.7 Å². The standard InChI is InChI=1S/C22H26N4O3/c1-16-11-17(2)13-18(12-16)28-15-21-23-22(29-24-21)14-25-7-9-26(10-8-25)19-5-3-4-6-20(19)27/h3-6,11-13,27H,7-10,14-15H2,1-2H3. The highest BCUT2D eigenvalue weighted by molar-refractivity contribution is 5.57. The van der Waals surface area contributed by atoms with Gasteiger partial charge in [-0.05, 0) is 49.2 Å². The van der Waals surface area contributed by atoms with Crippen molar-refractivity contribution >= 4 is 5.69 Å². The molecule has 0 spiro atoms. The highest BCUT2D eigenvalue weighted by atomic mass is 16.5. The Morgan fingerprint density at radius 3 is 2.48 bits per heavy atom. The Balaban J connectivity index is 1.28. The molecule has 0 amide bonds. The first-order valence-corrected chi connectivity index (χ1v) is 9.85. The number of hydrogen-bond acceptors (Lipinski definition) is 7. The SMILES string of the molecule is Cc1cc(C)cc(OCc2noc(CN3CCN(c4ccccc4O)CC3)n2)c1. The van der Waals surface area contributed by atoms with Crippen molar-refractivity contribution in [1.29, 1.82) is 0 Å². The van der Waals surface area contributed by atoms with Crippen LogP contribution in [-0.2, 0) is 13.2 Å². The van der Waals surface area contributed by atoms with E-state index in [1.54, 1.807) is 6.07 Å². The van der Waals surface area contributed by atoms with Gasteiger partial charge in [-0.15, -0.1) is 0 Å². The smallest absolute Gasteiger partial charge is 0.240 e. The minimum absolute atomic E-state index is 0.285. The molecule has 7 nitrogen and oxygen atoms in total. The Kier molecular flexibility index (Phi) is 5.67. The van der Waals surface area contributed by atoms with Crippen molar-refractivity contribution in [3.05, 3.63) is 65.3 Å². The number of anilines is 1. The second-order valence-corrected chi connectivity index (χ2v) is 7.47. The van der Waals surface area contributed by atoms with Crippen LogP contribution in [0.25, 0.3) is 0 Å². The molecule has 0 atom stereocenters. The van der Waals surface area contributed by atoms with Gasteiger partial charge in [-0.1, -0.05) is 23.4 Å². The monoisotopic (exact) mass is 394 g/mol. The number of aromatic hydroxyl groups is 1. The third kappa shape index (κ3) is 4.86. The predicted octanol–water partition coefficient (Wildman–Crippen LogP) is 3.29. The molecule has 1 aliphatic rings. The molecule has 0 bridgehead atoms. The number of aromatic nitrogens is 2.